The van der Waals surface area contributed by atoms with Gasteiger partial charge in [-0.1, -0.05) is 109 Å². The van der Waals surface area contributed by atoms with E-state index in [9.17, 15) is 0 Å². The van der Waals surface area contributed by atoms with Crippen molar-refractivity contribution in [1.29, 1.82) is 0 Å². The minimum absolute atomic E-state index is 0.858. The van der Waals surface area contributed by atoms with Gasteiger partial charge in [0.2, 0.25) is 0 Å². The highest BCUT2D eigenvalue weighted by Crippen LogP contribution is 2.44. The van der Waals surface area contributed by atoms with Crippen molar-refractivity contribution < 1.29 is 8.83 Å². The van der Waals surface area contributed by atoms with E-state index < -0.39 is 0 Å². The van der Waals surface area contributed by atoms with Crippen LogP contribution in [0, 0.1) is 0 Å². The predicted molar refractivity (Wildman–Crippen MR) is 219 cm³/mol. The van der Waals surface area contributed by atoms with Crippen LogP contribution in [0.3, 0.4) is 0 Å². The summed E-state index contributed by atoms with van der Waals surface area (Å²) >= 11 is 1.85. The average Bonchev–Trinajstić information content (AvgIpc) is 3.89. The van der Waals surface area contributed by atoms with Gasteiger partial charge in [-0.25, -0.2) is 0 Å². The van der Waals surface area contributed by atoms with E-state index in [4.69, 9.17) is 8.83 Å². The van der Waals surface area contributed by atoms with Crippen LogP contribution in [-0.4, -0.2) is 0 Å². The number of hydrogen-bond acceptors (Lipinski definition) is 4. The lowest BCUT2D eigenvalue weighted by Gasteiger charge is -2.26. The van der Waals surface area contributed by atoms with Gasteiger partial charge in [-0.2, -0.15) is 0 Å². The zero-order valence-corrected chi connectivity index (χ0v) is 28.7. The molecule has 8 aromatic carbocycles. The van der Waals surface area contributed by atoms with Crippen molar-refractivity contribution >= 4 is 92.4 Å². The molecule has 11 aromatic rings. The Kier molecular flexibility index (Phi) is 6.42. The summed E-state index contributed by atoms with van der Waals surface area (Å²) < 4.78 is 15.5. The van der Waals surface area contributed by atoms with Crippen LogP contribution in [-0.2, 0) is 0 Å². The SMILES string of the molecule is c1cc(-c2ccc3c(c2)oc2ccccc23)cc(N(c2ccc(-c3ccc4c(c3)sc3ccccc34)cc2)c2cccc3c2oc2ccccc23)c1. The van der Waals surface area contributed by atoms with Crippen molar-refractivity contribution in [3.63, 3.8) is 0 Å². The van der Waals surface area contributed by atoms with E-state index in [0.29, 0.717) is 0 Å². The molecule has 0 N–H and O–H groups in total. The van der Waals surface area contributed by atoms with Crippen molar-refractivity contribution in [2.75, 3.05) is 4.90 Å². The first-order valence-electron chi connectivity index (χ1n) is 17.5. The minimum Gasteiger partial charge on any atom is -0.456 e. The quantitative estimate of drug-likeness (QED) is 0.181. The molecular weight excluding hydrogens is 655 g/mol. The number of nitrogens with zero attached hydrogens (tertiary/aromatic N) is 1. The van der Waals surface area contributed by atoms with Gasteiger partial charge in [-0.05, 0) is 89.0 Å². The number of furan rings is 2. The lowest BCUT2D eigenvalue weighted by molar-refractivity contribution is 0.669. The lowest BCUT2D eigenvalue weighted by atomic mass is 10.0. The van der Waals surface area contributed by atoms with Crippen LogP contribution < -0.4 is 4.90 Å². The van der Waals surface area contributed by atoms with Crippen LogP contribution in [0.15, 0.2) is 185 Å². The van der Waals surface area contributed by atoms with Crippen LogP contribution in [0.4, 0.5) is 17.1 Å². The molecule has 0 unspecified atom stereocenters. The third kappa shape index (κ3) is 4.58. The molecule has 0 aliphatic heterocycles. The molecule has 244 valence electrons. The van der Waals surface area contributed by atoms with Gasteiger partial charge in [-0.3, -0.25) is 0 Å². The molecule has 3 nitrogen and oxygen atoms in total. The van der Waals surface area contributed by atoms with Gasteiger partial charge >= 0.3 is 0 Å². The van der Waals surface area contributed by atoms with Gasteiger partial charge in [0.25, 0.3) is 0 Å². The third-order valence-corrected chi connectivity index (χ3v) is 11.4. The van der Waals surface area contributed by atoms with E-state index in [-0.39, 0.29) is 0 Å². The van der Waals surface area contributed by atoms with Crippen LogP contribution in [0.1, 0.15) is 0 Å². The van der Waals surface area contributed by atoms with Gasteiger partial charge in [0.1, 0.15) is 16.7 Å². The fourth-order valence-electron chi connectivity index (χ4n) is 7.77. The van der Waals surface area contributed by atoms with E-state index in [1.54, 1.807) is 0 Å². The number of fused-ring (bicyclic) bond motifs is 9. The maximum Gasteiger partial charge on any atom is 0.159 e. The van der Waals surface area contributed by atoms with Crippen molar-refractivity contribution in [2.45, 2.75) is 0 Å². The van der Waals surface area contributed by atoms with E-state index in [2.05, 4.69) is 157 Å². The molecule has 4 heteroatoms. The Balaban J connectivity index is 1.05. The zero-order chi connectivity index (χ0) is 34.2. The Hall–Kier alpha value is -6.62. The second kappa shape index (κ2) is 11.5. The molecule has 11 rings (SSSR count). The Morgan fingerprint density at radius 3 is 1.79 bits per heavy atom. The topological polar surface area (TPSA) is 29.5 Å². The van der Waals surface area contributed by atoms with Crippen molar-refractivity contribution in [3.8, 4) is 22.3 Å². The Morgan fingerprint density at radius 1 is 0.346 bits per heavy atom. The second-order valence-corrected chi connectivity index (χ2v) is 14.4. The molecule has 0 aliphatic rings. The summed E-state index contributed by atoms with van der Waals surface area (Å²) in [6.07, 6.45) is 0. The maximum atomic E-state index is 6.61. The number of para-hydroxylation sites is 3. The highest BCUT2D eigenvalue weighted by atomic mass is 32.1. The first-order chi connectivity index (χ1) is 25.7. The summed E-state index contributed by atoms with van der Waals surface area (Å²) in [5.74, 6) is 0. The molecule has 0 bridgehead atoms. The van der Waals surface area contributed by atoms with Crippen LogP contribution in [0.2, 0.25) is 0 Å². The van der Waals surface area contributed by atoms with Gasteiger partial charge < -0.3 is 13.7 Å². The smallest absolute Gasteiger partial charge is 0.159 e. The largest absolute Gasteiger partial charge is 0.456 e. The first-order valence-corrected chi connectivity index (χ1v) is 18.3. The summed E-state index contributed by atoms with van der Waals surface area (Å²) in [6, 6.07) is 62.6. The van der Waals surface area contributed by atoms with Gasteiger partial charge in [0.05, 0.1) is 5.69 Å². The number of thiophene rings is 1. The molecule has 0 fully saturated rings. The Morgan fingerprint density at radius 2 is 0.942 bits per heavy atom. The molecule has 3 heterocycles. The normalized spacial score (nSPS) is 11.8. The fourth-order valence-corrected chi connectivity index (χ4v) is 8.92. The minimum atomic E-state index is 0.858. The summed E-state index contributed by atoms with van der Waals surface area (Å²) in [5, 5.41) is 7.09. The van der Waals surface area contributed by atoms with Crippen LogP contribution in [0.25, 0.3) is 86.3 Å². The first kappa shape index (κ1) is 29.1. The Labute approximate surface area is 303 Å². The zero-order valence-electron chi connectivity index (χ0n) is 27.9. The summed E-state index contributed by atoms with van der Waals surface area (Å²) in [7, 11) is 0. The third-order valence-electron chi connectivity index (χ3n) is 10.3. The highest BCUT2D eigenvalue weighted by molar-refractivity contribution is 7.25. The van der Waals surface area contributed by atoms with E-state index in [0.717, 1.165) is 72.1 Å². The molecule has 0 amide bonds. The molecule has 0 saturated carbocycles. The molecule has 0 radical (unpaired) electrons. The molecule has 52 heavy (non-hydrogen) atoms. The second-order valence-electron chi connectivity index (χ2n) is 13.3. The van der Waals surface area contributed by atoms with Crippen molar-refractivity contribution in [2.24, 2.45) is 0 Å². The summed E-state index contributed by atoms with van der Waals surface area (Å²) in [5.41, 5.74) is 11.2. The highest BCUT2D eigenvalue weighted by Gasteiger charge is 2.20. The lowest BCUT2D eigenvalue weighted by Crippen LogP contribution is -2.10. The van der Waals surface area contributed by atoms with Crippen LogP contribution in [0.5, 0.6) is 0 Å². The number of hydrogen-bond donors (Lipinski definition) is 0. The standard InChI is InChI=1S/C48H29NO2S/c1-4-16-43-36(11-1)38-25-21-32(28-45(38)50-43)31-9-7-10-35(27-31)49(42-15-8-14-41-37-12-2-5-17-44(37)51-48(41)42)34-23-19-30(20-24-34)33-22-26-40-39-13-3-6-18-46(39)52-47(40)29-33/h1-29H. The van der Waals surface area contributed by atoms with Crippen LogP contribution >= 0.6 is 11.3 Å². The molecule has 3 aromatic heterocycles. The number of rotatable bonds is 5. The van der Waals surface area contributed by atoms with E-state index in [1.807, 2.05) is 35.6 Å². The summed E-state index contributed by atoms with van der Waals surface area (Å²) in [6.45, 7) is 0. The fraction of sp³-hybridized carbons (Fsp3) is 0. The van der Waals surface area contributed by atoms with Gasteiger partial charge in [-0.15, -0.1) is 11.3 Å². The molecular formula is C48H29NO2S. The molecule has 0 aliphatic carbocycles. The van der Waals surface area contributed by atoms with Crippen molar-refractivity contribution in [3.05, 3.63) is 176 Å². The Bertz CT molecular complexity index is 3150. The van der Waals surface area contributed by atoms with Crippen molar-refractivity contribution in [1.82, 2.24) is 0 Å². The van der Waals surface area contributed by atoms with E-state index >= 15 is 0 Å². The summed E-state index contributed by atoms with van der Waals surface area (Å²) in [4.78, 5) is 2.31. The molecule has 0 atom stereocenters. The predicted octanol–water partition coefficient (Wildman–Crippen LogP) is 14.7. The maximum absolute atomic E-state index is 6.61. The molecule has 0 spiro atoms. The number of benzene rings is 8. The van der Waals surface area contributed by atoms with E-state index in [1.165, 1.54) is 31.3 Å². The van der Waals surface area contributed by atoms with Gasteiger partial charge in [0, 0.05) is 53.1 Å². The monoisotopic (exact) mass is 683 g/mol. The molecule has 0 saturated heterocycles. The average molecular weight is 684 g/mol. The number of anilines is 3. The van der Waals surface area contributed by atoms with Gasteiger partial charge in [0.15, 0.2) is 5.58 Å².